The van der Waals surface area contributed by atoms with Gasteiger partial charge in [-0.2, -0.15) is 4.21 Å². The Morgan fingerprint density at radius 2 is 1.50 bits per heavy atom. The van der Waals surface area contributed by atoms with Gasteiger partial charge in [0.25, 0.3) is 0 Å². The van der Waals surface area contributed by atoms with Crippen LogP contribution in [-0.4, -0.2) is 36.8 Å². The van der Waals surface area contributed by atoms with Gasteiger partial charge in [0.1, 0.15) is 13.2 Å². The summed E-state index contributed by atoms with van der Waals surface area (Å²) in [7, 11) is 0. The van der Waals surface area contributed by atoms with Gasteiger partial charge in [-0.05, 0) is 0 Å². The average Bonchev–Trinajstić information content (AvgIpc) is 2.63. The topological polar surface area (TPSA) is 71.1 Å². The fraction of sp³-hybridized carbons (Fsp3) is 0.800. The molecule has 2 fully saturated rings. The first-order valence-electron chi connectivity index (χ1n) is 3.27. The van der Waals surface area contributed by atoms with Gasteiger partial charge >= 0.3 is 17.5 Å². The summed E-state index contributed by atoms with van der Waals surface area (Å²) in [5, 5.41) is 0. The number of ether oxygens (including phenoxy) is 2. The van der Waals surface area contributed by atoms with Crippen molar-refractivity contribution in [2.75, 3.05) is 26.4 Å². The Morgan fingerprint density at radius 3 is 1.67 bits per heavy atom. The maximum atomic E-state index is 9.91. The first-order chi connectivity index (χ1) is 5.79. The summed E-state index contributed by atoms with van der Waals surface area (Å²) in [5.41, 5.74) is 0. The molecule has 70 valence electrons. The molecule has 7 heteroatoms. The van der Waals surface area contributed by atoms with Gasteiger partial charge in [-0.3, -0.25) is 8.37 Å². The molecule has 2 aliphatic heterocycles. The number of cyclic esters (lactones) is 2. The molecule has 0 aromatic heterocycles. The summed E-state index contributed by atoms with van der Waals surface area (Å²) < 4.78 is 27.3. The van der Waals surface area contributed by atoms with Crippen molar-refractivity contribution in [2.45, 2.75) is 0 Å². The molecule has 2 rings (SSSR count). The van der Waals surface area contributed by atoms with Crippen molar-refractivity contribution in [3.63, 3.8) is 0 Å². The first-order valence-corrected chi connectivity index (χ1v) is 4.27. The van der Waals surface area contributed by atoms with Crippen LogP contribution in [0, 0.1) is 0 Å². The van der Waals surface area contributed by atoms with Gasteiger partial charge in [-0.25, -0.2) is 4.79 Å². The highest BCUT2D eigenvalue weighted by Gasteiger charge is 2.09. The van der Waals surface area contributed by atoms with E-state index in [0.717, 1.165) is 0 Å². The van der Waals surface area contributed by atoms with Crippen molar-refractivity contribution in [2.24, 2.45) is 0 Å². The number of carbonyl (C=O) groups is 1. The van der Waals surface area contributed by atoms with Gasteiger partial charge in [-0.1, -0.05) is 0 Å². The second-order valence-electron chi connectivity index (χ2n) is 1.79. The molecule has 0 unspecified atom stereocenters. The van der Waals surface area contributed by atoms with Crippen LogP contribution in [0.15, 0.2) is 0 Å². The summed E-state index contributed by atoms with van der Waals surface area (Å²) in [5.74, 6) is 0. The van der Waals surface area contributed by atoms with Crippen LogP contribution in [0.1, 0.15) is 0 Å². The molecule has 0 amide bonds. The summed E-state index contributed by atoms with van der Waals surface area (Å²) >= 11 is -1.42. The number of hydrogen-bond donors (Lipinski definition) is 0. The van der Waals surface area contributed by atoms with Gasteiger partial charge in [0.2, 0.25) is 0 Å². The fourth-order valence-electron chi connectivity index (χ4n) is 0.530. The summed E-state index contributed by atoms with van der Waals surface area (Å²) in [4.78, 5) is 9.80. The van der Waals surface area contributed by atoms with Crippen LogP contribution in [0.2, 0.25) is 0 Å². The summed E-state index contributed by atoms with van der Waals surface area (Å²) in [6, 6.07) is 0. The van der Waals surface area contributed by atoms with E-state index in [-0.39, 0.29) is 0 Å². The van der Waals surface area contributed by atoms with E-state index < -0.39 is 17.5 Å². The first kappa shape index (κ1) is 9.43. The van der Waals surface area contributed by atoms with Crippen molar-refractivity contribution < 1.29 is 26.8 Å². The van der Waals surface area contributed by atoms with Crippen LogP contribution < -0.4 is 0 Å². The van der Waals surface area contributed by atoms with E-state index >= 15 is 0 Å². The molecule has 0 aliphatic carbocycles. The lowest BCUT2D eigenvalue weighted by molar-refractivity contribution is 0.131. The highest BCUT2D eigenvalue weighted by Crippen LogP contribution is 1.95. The average molecular weight is 196 g/mol. The van der Waals surface area contributed by atoms with Crippen LogP contribution in [-0.2, 0) is 29.2 Å². The Labute approximate surface area is 71.6 Å². The zero-order valence-corrected chi connectivity index (χ0v) is 7.00. The molecule has 0 aromatic carbocycles. The Hall–Kier alpha value is -0.660. The van der Waals surface area contributed by atoms with E-state index in [9.17, 15) is 9.00 Å². The quantitative estimate of drug-likeness (QED) is 0.498. The highest BCUT2D eigenvalue weighted by molar-refractivity contribution is 7.75. The second kappa shape index (κ2) is 5.07. The molecule has 0 aromatic rings. The minimum Gasteiger partial charge on any atom is -0.431 e. The second-order valence-corrected chi connectivity index (χ2v) is 2.67. The van der Waals surface area contributed by atoms with Gasteiger partial charge in [0.15, 0.2) is 0 Å². The molecule has 0 N–H and O–H groups in total. The van der Waals surface area contributed by atoms with Crippen LogP contribution in [0.25, 0.3) is 0 Å². The third-order valence-electron chi connectivity index (χ3n) is 0.966. The Morgan fingerprint density at radius 1 is 1.00 bits per heavy atom. The van der Waals surface area contributed by atoms with Crippen molar-refractivity contribution in [3.8, 4) is 0 Å². The van der Waals surface area contributed by atoms with Crippen molar-refractivity contribution in [3.05, 3.63) is 0 Å². The largest absolute Gasteiger partial charge is 0.508 e. The van der Waals surface area contributed by atoms with E-state index in [1.807, 2.05) is 0 Å². The SMILES string of the molecule is O=C1OCCO1.O=S1OCCO1. The van der Waals surface area contributed by atoms with Gasteiger partial charge in [-0.15, -0.1) is 0 Å². The van der Waals surface area contributed by atoms with Gasteiger partial charge in [0, 0.05) is 0 Å². The Kier molecular flexibility index (Phi) is 3.98. The Bertz CT molecular complexity index is 145. The molecule has 2 aliphatic rings. The van der Waals surface area contributed by atoms with E-state index in [1.54, 1.807) is 0 Å². The minimum absolute atomic E-state index is 0.416. The number of carbonyl (C=O) groups excluding carboxylic acids is 1. The Balaban J connectivity index is 0.000000120. The normalized spacial score (nSPS) is 22.5. The molecule has 2 heterocycles. The lowest BCUT2D eigenvalue weighted by Crippen LogP contribution is -1.88. The van der Waals surface area contributed by atoms with Crippen LogP contribution in [0.4, 0.5) is 4.79 Å². The lowest BCUT2D eigenvalue weighted by atomic mass is 10.8. The van der Waals surface area contributed by atoms with E-state index in [2.05, 4.69) is 17.8 Å². The van der Waals surface area contributed by atoms with Crippen LogP contribution in [0.5, 0.6) is 0 Å². The highest BCUT2D eigenvalue weighted by atomic mass is 32.2. The molecule has 6 nitrogen and oxygen atoms in total. The molecule has 0 bridgehead atoms. The zero-order chi connectivity index (χ0) is 8.81. The third kappa shape index (κ3) is 3.65. The van der Waals surface area contributed by atoms with Crippen LogP contribution in [0.3, 0.4) is 0 Å². The molecule has 0 atom stereocenters. The van der Waals surface area contributed by atoms with Gasteiger partial charge in [0.05, 0.1) is 13.2 Å². The molecule has 0 saturated carbocycles. The van der Waals surface area contributed by atoms with Crippen molar-refractivity contribution in [1.82, 2.24) is 0 Å². The van der Waals surface area contributed by atoms with Crippen molar-refractivity contribution in [1.29, 1.82) is 0 Å². The number of hydrogen-bond acceptors (Lipinski definition) is 6. The maximum Gasteiger partial charge on any atom is 0.508 e. The minimum atomic E-state index is -1.42. The van der Waals surface area contributed by atoms with Crippen molar-refractivity contribution >= 4 is 17.5 Å². The van der Waals surface area contributed by atoms with Crippen LogP contribution >= 0.6 is 0 Å². The predicted molar refractivity (Wildman–Crippen MR) is 37.3 cm³/mol. The smallest absolute Gasteiger partial charge is 0.431 e. The van der Waals surface area contributed by atoms with E-state index in [0.29, 0.717) is 26.4 Å². The lowest BCUT2D eigenvalue weighted by Gasteiger charge is -1.78. The molecular weight excluding hydrogens is 188 g/mol. The molecule has 0 spiro atoms. The fourth-order valence-corrected chi connectivity index (χ4v) is 1.01. The summed E-state index contributed by atoms with van der Waals surface area (Å²) in [6.45, 7) is 1.76. The van der Waals surface area contributed by atoms with E-state index in [1.165, 1.54) is 0 Å². The molecule has 0 radical (unpaired) electrons. The van der Waals surface area contributed by atoms with E-state index in [4.69, 9.17) is 0 Å². The predicted octanol–water partition coefficient (Wildman–Crippen LogP) is -0.235. The zero-order valence-electron chi connectivity index (χ0n) is 6.19. The number of rotatable bonds is 0. The molecule has 12 heavy (non-hydrogen) atoms. The monoisotopic (exact) mass is 196 g/mol. The standard InChI is InChI=1S/C3H4O3.C2H4O3S/c4-3-5-1-2-6-3;3-6-4-1-2-5-6/h2*1-2H2. The molecular formula is C5H8O6S. The third-order valence-corrected chi connectivity index (χ3v) is 1.68. The summed E-state index contributed by atoms with van der Waals surface area (Å²) in [6.07, 6.45) is -0.546. The van der Waals surface area contributed by atoms with Gasteiger partial charge < -0.3 is 9.47 Å². The molecule has 2 saturated heterocycles. The maximum absolute atomic E-state index is 9.91.